The Morgan fingerprint density at radius 2 is 2.18 bits per heavy atom. The monoisotopic (exact) mass is 292 g/mol. The lowest BCUT2D eigenvalue weighted by Crippen LogP contribution is -2.02. The van der Waals surface area contributed by atoms with Gasteiger partial charge in [-0.15, -0.1) is 0 Å². The number of benzene rings is 1. The molecule has 0 radical (unpaired) electrons. The highest BCUT2D eigenvalue weighted by molar-refractivity contribution is 9.10. The highest BCUT2D eigenvalue weighted by Crippen LogP contribution is 2.18. The normalized spacial score (nSPS) is 10.0. The molecule has 0 spiro atoms. The van der Waals surface area contributed by atoms with Gasteiger partial charge < -0.3 is 10.1 Å². The maximum absolute atomic E-state index is 5.20. The van der Waals surface area contributed by atoms with E-state index in [0.717, 1.165) is 15.7 Å². The van der Waals surface area contributed by atoms with Crippen molar-refractivity contribution in [2.45, 2.75) is 6.54 Å². The molecule has 0 saturated heterocycles. The highest BCUT2D eigenvalue weighted by Gasteiger charge is 2.02. The molecule has 2 aromatic rings. The molecule has 0 aliphatic heterocycles. The third-order valence-corrected chi connectivity index (χ3v) is 2.84. The van der Waals surface area contributed by atoms with E-state index in [4.69, 9.17) is 4.74 Å². The van der Waals surface area contributed by atoms with Crippen LogP contribution < -0.4 is 10.1 Å². The van der Waals surface area contributed by atoms with Gasteiger partial charge in [-0.25, -0.2) is 4.98 Å². The van der Waals surface area contributed by atoms with E-state index in [9.17, 15) is 0 Å². The van der Waals surface area contributed by atoms with Crippen molar-refractivity contribution < 1.29 is 4.74 Å². The number of aromatic nitrogens is 1. The molecule has 0 fully saturated rings. The van der Waals surface area contributed by atoms with Gasteiger partial charge in [0.1, 0.15) is 0 Å². The Morgan fingerprint density at radius 3 is 2.94 bits per heavy atom. The van der Waals surface area contributed by atoms with E-state index in [1.54, 1.807) is 13.3 Å². The van der Waals surface area contributed by atoms with Crippen LogP contribution in [0.5, 0.6) is 5.88 Å². The fourth-order valence-electron chi connectivity index (χ4n) is 1.54. The van der Waals surface area contributed by atoms with Crippen molar-refractivity contribution in [2.75, 3.05) is 12.4 Å². The van der Waals surface area contributed by atoms with Crippen LogP contribution in [0.15, 0.2) is 47.1 Å². The standard InChI is InChI=1S/C13H13BrN2O/c1-17-13-10(4-3-7-15-13)9-16-12-6-2-5-11(14)8-12/h2-8,16H,9H2,1H3. The number of halogens is 1. The lowest BCUT2D eigenvalue weighted by atomic mass is 10.2. The first-order valence-corrected chi connectivity index (χ1v) is 6.06. The smallest absolute Gasteiger partial charge is 0.218 e. The van der Waals surface area contributed by atoms with E-state index >= 15 is 0 Å². The van der Waals surface area contributed by atoms with Crippen LogP contribution in [-0.2, 0) is 6.54 Å². The lowest BCUT2D eigenvalue weighted by molar-refractivity contribution is 0.393. The molecule has 88 valence electrons. The van der Waals surface area contributed by atoms with Gasteiger partial charge in [0.15, 0.2) is 0 Å². The summed E-state index contributed by atoms with van der Waals surface area (Å²) in [5.41, 5.74) is 2.10. The van der Waals surface area contributed by atoms with Crippen molar-refractivity contribution in [1.29, 1.82) is 0 Å². The number of rotatable bonds is 4. The number of ether oxygens (including phenoxy) is 1. The number of nitrogens with one attached hydrogen (secondary N) is 1. The first kappa shape index (κ1) is 11.9. The summed E-state index contributed by atoms with van der Waals surface area (Å²) in [6.45, 7) is 0.688. The Bertz CT molecular complexity index is 502. The molecule has 1 heterocycles. The Balaban J connectivity index is 2.07. The van der Waals surface area contributed by atoms with E-state index in [0.29, 0.717) is 12.4 Å². The molecule has 1 N–H and O–H groups in total. The van der Waals surface area contributed by atoms with Gasteiger partial charge in [-0.2, -0.15) is 0 Å². The second kappa shape index (κ2) is 5.68. The Kier molecular flexibility index (Phi) is 3.98. The van der Waals surface area contributed by atoms with Gasteiger partial charge in [0.25, 0.3) is 0 Å². The van der Waals surface area contributed by atoms with Crippen molar-refractivity contribution in [2.24, 2.45) is 0 Å². The van der Waals surface area contributed by atoms with Crippen molar-refractivity contribution in [3.05, 3.63) is 52.6 Å². The summed E-state index contributed by atoms with van der Waals surface area (Å²) in [7, 11) is 1.63. The minimum Gasteiger partial charge on any atom is -0.481 e. The van der Waals surface area contributed by atoms with Crippen LogP contribution >= 0.6 is 15.9 Å². The van der Waals surface area contributed by atoms with E-state index in [2.05, 4.69) is 26.2 Å². The first-order valence-electron chi connectivity index (χ1n) is 5.27. The number of methoxy groups -OCH3 is 1. The van der Waals surface area contributed by atoms with Gasteiger partial charge in [0, 0.05) is 28.5 Å². The van der Waals surface area contributed by atoms with Gasteiger partial charge in [0.05, 0.1) is 7.11 Å². The predicted octanol–water partition coefficient (Wildman–Crippen LogP) is 3.46. The SMILES string of the molecule is COc1ncccc1CNc1cccc(Br)c1. The molecule has 17 heavy (non-hydrogen) atoms. The molecule has 0 atom stereocenters. The van der Waals surface area contributed by atoms with E-state index in [1.165, 1.54) is 0 Å². The Hall–Kier alpha value is -1.55. The average Bonchev–Trinajstić information content (AvgIpc) is 2.37. The van der Waals surface area contributed by atoms with Crippen LogP contribution in [0.2, 0.25) is 0 Å². The summed E-state index contributed by atoms with van der Waals surface area (Å²) in [5, 5.41) is 3.33. The zero-order chi connectivity index (χ0) is 12.1. The molecule has 0 bridgehead atoms. The van der Waals surface area contributed by atoms with Crippen molar-refractivity contribution in [3.8, 4) is 5.88 Å². The minimum absolute atomic E-state index is 0.662. The number of anilines is 1. The molecule has 1 aromatic carbocycles. The Labute approximate surface area is 109 Å². The van der Waals surface area contributed by atoms with E-state index < -0.39 is 0 Å². The summed E-state index contributed by atoms with van der Waals surface area (Å²) in [5.74, 6) is 0.662. The molecular weight excluding hydrogens is 280 g/mol. The summed E-state index contributed by atoms with van der Waals surface area (Å²) < 4.78 is 6.25. The van der Waals surface area contributed by atoms with Gasteiger partial charge >= 0.3 is 0 Å². The number of nitrogens with zero attached hydrogens (tertiary/aromatic N) is 1. The maximum atomic E-state index is 5.20. The van der Waals surface area contributed by atoms with Crippen LogP contribution in [0.25, 0.3) is 0 Å². The van der Waals surface area contributed by atoms with Crippen LogP contribution in [-0.4, -0.2) is 12.1 Å². The largest absolute Gasteiger partial charge is 0.481 e. The summed E-state index contributed by atoms with van der Waals surface area (Å²) >= 11 is 3.44. The quantitative estimate of drug-likeness (QED) is 0.937. The van der Waals surface area contributed by atoms with Crippen LogP contribution in [0.4, 0.5) is 5.69 Å². The molecule has 0 amide bonds. The topological polar surface area (TPSA) is 34.1 Å². The zero-order valence-electron chi connectivity index (χ0n) is 9.48. The molecule has 0 aliphatic rings. The molecule has 0 saturated carbocycles. The van der Waals surface area contributed by atoms with Gasteiger partial charge in [-0.1, -0.05) is 28.1 Å². The fourth-order valence-corrected chi connectivity index (χ4v) is 1.94. The van der Waals surface area contributed by atoms with Crippen LogP contribution in [0, 0.1) is 0 Å². The lowest BCUT2D eigenvalue weighted by Gasteiger charge is -2.09. The van der Waals surface area contributed by atoms with Gasteiger partial charge in [0.2, 0.25) is 5.88 Å². The summed E-state index contributed by atoms with van der Waals surface area (Å²) in [6.07, 6.45) is 1.72. The van der Waals surface area contributed by atoms with Gasteiger partial charge in [-0.05, 0) is 24.3 Å². The molecule has 4 heteroatoms. The minimum atomic E-state index is 0.662. The molecule has 0 aliphatic carbocycles. The van der Waals surface area contributed by atoms with Crippen molar-refractivity contribution in [3.63, 3.8) is 0 Å². The molecule has 1 aromatic heterocycles. The van der Waals surface area contributed by atoms with Crippen molar-refractivity contribution >= 4 is 21.6 Å². The number of hydrogen-bond donors (Lipinski definition) is 1. The predicted molar refractivity (Wildman–Crippen MR) is 72.3 cm³/mol. The fraction of sp³-hybridized carbons (Fsp3) is 0.154. The maximum Gasteiger partial charge on any atom is 0.218 e. The molecular formula is C13H13BrN2O. The van der Waals surface area contributed by atoms with Crippen LogP contribution in [0.1, 0.15) is 5.56 Å². The zero-order valence-corrected chi connectivity index (χ0v) is 11.1. The molecule has 3 nitrogen and oxygen atoms in total. The molecule has 0 unspecified atom stereocenters. The van der Waals surface area contributed by atoms with Crippen LogP contribution in [0.3, 0.4) is 0 Å². The van der Waals surface area contributed by atoms with Gasteiger partial charge in [-0.3, -0.25) is 0 Å². The number of pyridine rings is 1. The third-order valence-electron chi connectivity index (χ3n) is 2.35. The Morgan fingerprint density at radius 1 is 1.29 bits per heavy atom. The van der Waals surface area contributed by atoms with E-state index in [1.807, 2.05) is 36.4 Å². The molecule has 2 rings (SSSR count). The van der Waals surface area contributed by atoms with Crippen molar-refractivity contribution in [1.82, 2.24) is 4.98 Å². The highest BCUT2D eigenvalue weighted by atomic mass is 79.9. The first-order chi connectivity index (χ1) is 8.29. The number of hydrogen-bond acceptors (Lipinski definition) is 3. The average molecular weight is 293 g/mol. The van der Waals surface area contributed by atoms with E-state index in [-0.39, 0.29) is 0 Å². The summed E-state index contributed by atoms with van der Waals surface area (Å²) in [6, 6.07) is 11.9. The third kappa shape index (κ3) is 3.20. The second-order valence-electron chi connectivity index (χ2n) is 3.54. The second-order valence-corrected chi connectivity index (χ2v) is 4.45. The summed E-state index contributed by atoms with van der Waals surface area (Å²) in [4.78, 5) is 4.16.